The highest BCUT2D eigenvalue weighted by Gasteiger charge is 2.51. The van der Waals surface area contributed by atoms with Crippen molar-refractivity contribution in [2.24, 2.45) is 0 Å². The molecule has 0 amide bonds. The van der Waals surface area contributed by atoms with Crippen molar-refractivity contribution in [3.05, 3.63) is 48.6 Å². The highest BCUT2D eigenvalue weighted by atomic mass is 31.2. The van der Waals surface area contributed by atoms with Crippen molar-refractivity contribution in [1.82, 2.24) is 0 Å². The van der Waals surface area contributed by atoms with E-state index < -0.39 is 75.7 Å². The van der Waals surface area contributed by atoms with E-state index in [0.717, 1.165) is 44.9 Å². The smallest absolute Gasteiger partial charge is 0.462 e. The summed E-state index contributed by atoms with van der Waals surface area (Å²) in [4.78, 5) is 35.5. The zero-order valence-corrected chi connectivity index (χ0v) is 33.4. The molecule has 1 aliphatic rings. The van der Waals surface area contributed by atoms with Crippen molar-refractivity contribution in [2.45, 2.75) is 179 Å². The van der Waals surface area contributed by atoms with Crippen LogP contribution in [0.2, 0.25) is 0 Å². The summed E-state index contributed by atoms with van der Waals surface area (Å²) in [5, 5.41) is 49.9. The minimum absolute atomic E-state index is 0.0504. The second-order valence-corrected chi connectivity index (χ2v) is 15.3. The van der Waals surface area contributed by atoms with Gasteiger partial charge in [-0.25, -0.2) is 4.57 Å². The Hall–Kier alpha value is -2.19. The maximum atomic E-state index is 12.7. The van der Waals surface area contributed by atoms with Gasteiger partial charge in [-0.05, 0) is 32.1 Å². The number of phosphoric ester groups is 1. The van der Waals surface area contributed by atoms with Gasteiger partial charge in [0.2, 0.25) is 0 Å². The molecule has 0 bridgehead atoms. The van der Waals surface area contributed by atoms with Gasteiger partial charge in [0.1, 0.15) is 43.2 Å². The van der Waals surface area contributed by atoms with E-state index in [1.165, 1.54) is 51.4 Å². The monoisotopic (exact) mass is 788 g/mol. The number of ether oxygens (including phenoxy) is 2. The number of aliphatic hydroxyl groups excluding tert-OH is 5. The molecule has 0 heterocycles. The number of allylic oxidation sites excluding steroid dienone is 8. The van der Waals surface area contributed by atoms with Gasteiger partial charge < -0.3 is 39.9 Å². The van der Waals surface area contributed by atoms with E-state index in [9.17, 15) is 44.6 Å². The molecule has 0 aromatic rings. The van der Waals surface area contributed by atoms with E-state index in [4.69, 9.17) is 18.5 Å². The fraction of sp³-hybridized carbons (Fsp3) is 0.750. The van der Waals surface area contributed by atoms with Crippen LogP contribution in [-0.2, 0) is 32.7 Å². The third kappa shape index (κ3) is 23.7. The first-order valence-electron chi connectivity index (χ1n) is 20.0. The van der Waals surface area contributed by atoms with Crippen molar-refractivity contribution >= 4 is 19.8 Å². The predicted octanol–water partition coefficient (Wildman–Crippen LogP) is 6.44. The van der Waals surface area contributed by atoms with Crippen molar-refractivity contribution in [3.63, 3.8) is 0 Å². The highest BCUT2D eigenvalue weighted by Crippen LogP contribution is 2.47. The number of carbonyl (C=O) groups excluding carboxylic acids is 2. The number of phosphoric acid groups is 1. The molecule has 0 aromatic carbocycles. The van der Waals surface area contributed by atoms with Crippen LogP contribution in [0.25, 0.3) is 0 Å². The van der Waals surface area contributed by atoms with E-state index in [-0.39, 0.29) is 12.8 Å². The lowest BCUT2D eigenvalue weighted by Gasteiger charge is -2.41. The van der Waals surface area contributed by atoms with Crippen molar-refractivity contribution < 1.29 is 63.1 Å². The Labute approximate surface area is 322 Å². The summed E-state index contributed by atoms with van der Waals surface area (Å²) in [5.41, 5.74) is 0. The van der Waals surface area contributed by atoms with Gasteiger partial charge in [0.25, 0.3) is 0 Å². The Morgan fingerprint density at radius 1 is 0.593 bits per heavy atom. The fourth-order valence-electron chi connectivity index (χ4n) is 5.77. The first-order valence-corrected chi connectivity index (χ1v) is 21.5. The maximum absolute atomic E-state index is 12.7. The van der Waals surface area contributed by atoms with Crippen LogP contribution in [0.5, 0.6) is 0 Å². The van der Waals surface area contributed by atoms with E-state index >= 15 is 0 Å². The third-order valence-corrected chi connectivity index (χ3v) is 10.0. The molecule has 1 rings (SSSR count). The highest BCUT2D eigenvalue weighted by molar-refractivity contribution is 7.47. The molecule has 1 fully saturated rings. The molecule has 1 saturated carbocycles. The molecular formula is C40H69O13P. The van der Waals surface area contributed by atoms with Gasteiger partial charge in [0, 0.05) is 12.8 Å². The zero-order chi connectivity index (χ0) is 40.0. The number of rotatable bonds is 31. The van der Waals surface area contributed by atoms with Crippen molar-refractivity contribution in [1.29, 1.82) is 0 Å². The summed E-state index contributed by atoms with van der Waals surface area (Å²) >= 11 is 0. The van der Waals surface area contributed by atoms with Gasteiger partial charge in [-0.3, -0.25) is 18.6 Å². The van der Waals surface area contributed by atoms with Gasteiger partial charge >= 0.3 is 19.8 Å². The van der Waals surface area contributed by atoms with Gasteiger partial charge in [-0.15, -0.1) is 0 Å². The minimum Gasteiger partial charge on any atom is -0.462 e. The van der Waals surface area contributed by atoms with Crippen LogP contribution in [0, 0.1) is 0 Å². The Bertz CT molecular complexity index is 1140. The Balaban J connectivity index is 2.57. The molecule has 0 aliphatic heterocycles. The first kappa shape index (κ1) is 49.8. The summed E-state index contributed by atoms with van der Waals surface area (Å²) < 4.78 is 33.3. The minimum atomic E-state index is -5.12. The van der Waals surface area contributed by atoms with Crippen molar-refractivity contribution in [2.75, 3.05) is 13.2 Å². The van der Waals surface area contributed by atoms with Crippen LogP contribution in [0.4, 0.5) is 0 Å². The largest absolute Gasteiger partial charge is 0.472 e. The standard InChI is InChI=1S/C40H69O13P/c1-3-5-7-9-11-13-15-17-19-21-23-25-27-29-34(42)52-32(30-50-33(41)28-26-24-22-20-18-16-14-12-10-8-6-4-2)31-51-54(48,49)53-40-38(46)36(44)35(43)37(45)39(40)47/h5,7,9,11,13,15,17,19,32,35-40,43-47H,3-4,6,8,10,12,14,16,18,20-31H2,1-2H3,(H,48,49)/b7-5+,11-9+,15-13+,19-17+/t32?,35?,36-,37?,38?,39?,40?/m1/s1. The number of hydrogen-bond acceptors (Lipinski definition) is 12. The van der Waals surface area contributed by atoms with Crippen LogP contribution < -0.4 is 0 Å². The quantitative estimate of drug-likeness (QED) is 0.0194. The van der Waals surface area contributed by atoms with Crippen LogP contribution in [0.15, 0.2) is 48.6 Å². The molecule has 8 atom stereocenters. The molecule has 7 unspecified atom stereocenters. The molecule has 0 aromatic heterocycles. The Morgan fingerprint density at radius 2 is 1.06 bits per heavy atom. The topological polar surface area (TPSA) is 210 Å². The van der Waals surface area contributed by atoms with Gasteiger partial charge in [-0.1, -0.05) is 140 Å². The summed E-state index contributed by atoms with van der Waals surface area (Å²) in [6.07, 6.45) is 20.5. The molecule has 0 spiro atoms. The summed E-state index contributed by atoms with van der Waals surface area (Å²) in [7, 11) is -5.12. The van der Waals surface area contributed by atoms with Gasteiger partial charge in [0.15, 0.2) is 6.10 Å². The van der Waals surface area contributed by atoms with Crippen LogP contribution in [-0.4, -0.2) is 98.3 Å². The number of esters is 2. The average Bonchev–Trinajstić information content (AvgIpc) is 3.15. The van der Waals surface area contributed by atoms with E-state index in [1.54, 1.807) is 0 Å². The second-order valence-electron chi connectivity index (χ2n) is 13.9. The van der Waals surface area contributed by atoms with Crippen LogP contribution in [0.1, 0.15) is 136 Å². The number of unbranched alkanes of at least 4 members (excludes halogenated alkanes) is 14. The van der Waals surface area contributed by atoms with E-state index in [0.29, 0.717) is 12.8 Å². The van der Waals surface area contributed by atoms with Crippen LogP contribution in [0.3, 0.4) is 0 Å². The number of hydrogen-bond donors (Lipinski definition) is 6. The summed E-state index contributed by atoms with van der Waals surface area (Å²) in [6, 6.07) is 0. The molecule has 1 aliphatic carbocycles. The predicted molar refractivity (Wildman–Crippen MR) is 207 cm³/mol. The van der Waals surface area contributed by atoms with Gasteiger partial charge in [-0.2, -0.15) is 0 Å². The Kier molecular flexibility index (Phi) is 28.6. The molecule has 0 radical (unpaired) electrons. The molecule has 54 heavy (non-hydrogen) atoms. The number of aliphatic hydroxyl groups is 5. The molecule has 13 nitrogen and oxygen atoms in total. The third-order valence-electron chi connectivity index (χ3n) is 9.03. The lowest BCUT2D eigenvalue weighted by molar-refractivity contribution is -0.220. The van der Waals surface area contributed by atoms with Crippen molar-refractivity contribution in [3.8, 4) is 0 Å². The normalized spacial score (nSPS) is 23.8. The first-order chi connectivity index (χ1) is 25.9. The molecule has 312 valence electrons. The van der Waals surface area contributed by atoms with Crippen LogP contribution >= 0.6 is 7.82 Å². The fourth-order valence-corrected chi connectivity index (χ4v) is 6.74. The average molecular weight is 789 g/mol. The summed E-state index contributed by atoms with van der Waals surface area (Å²) in [5.74, 6) is -1.15. The lowest BCUT2D eigenvalue weighted by atomic mass is 9.85. The maximum Gasteiger partial charge on any atom is 0.472 e. The zero-order valence-electron chi connectivity index (χ0n) is 32.5. The molecule has 0 saturated heterocycles. The molecular weight excluding hydrogens is 719 g/mol. The summed E-state index contributed by atoms with van der Waals surface area (Å²) in [6.45, 7) is 3.08. The second kappa shape index (κ2) is 31.0. The number of carbonyl (C=O) groups is 2. The Morgan fingerprint density at radius 3 is 1.61 bits per heavy atom. The van der Waals surface area contributed by atoms with E-state index in [2.05, 4.69) is 19.9 Å². The molecule has 6 N–H and O–H groups in total. The molecule has 14 heteroatoms. The van der Waals surface area contributed by atoms with Gasteiger partial charge in [0.05, 0.1) is 6.61 Å². The lowest BCUT2D eigenvalue weighted by Crippen LogP contribution is -2.64. The van der Waals surface area contributed by atoms with E-state index in [1.807, 2.05) is 42.5 Å². The SMILES string of the molecule is CC/C=C/C=C/C=C/C=C/CCCCCC(=O)OC(COC(=O)CCCCCCCCCCCCCC)COP(=O)(O)OC1C(O)C(O)C(O)[C@@H](O)C1O.